The van der Waals surface area contributed by atoms with Crippen LogP contribution in [0.15, 0.2) is 48.7 Å². The van der Waals surface area contributed by atoms with E-state index in [1.807, 2.05) is 24.3 Å². The topological polar surface area (TPSA) is 71.3 Å². The Hall–Kier alpha value is -2.47. The summed E-state index contributed by atoms with van der Waals surface area (Å²) in [6.07, 6.45) is 2.81. The molecule has 2 aromatic rings. The number of rotatable bonds is 5. The molecule has 0 unspecified atom stereocenters. The molecule has 0 radical (unpaired) electrons. The lowest BCUT2D eigenvalue weighted by atomic mass is 10.1. The third-order valence-electron chi connectivity index (χ3n) is 3.93. The van der Waals surface area contributed by atoms with Gasteiger partial charge in [0.1, 0.15) is 5.82 Å². The van der Waals surface area contributed by atoms with Gasteiger partial charge in [0.2, 0.25) is 0 Å². The van der Waals surface area contributed by atoms with Crippen LogP contribution in [0.5, 0.6) is 0 Å². The number of nitro benzene ring substituents is 1. The van der Waals surface area contributed by atoms with E-state index in [0.29, 0.717) is 12.6 Å². The van der Waals surface area contributed by atoms with Crippen LogP contribution in [-0.2, 0) is 6.54 Å². The quantitative estimate of drug-likeness (QED) is 0.677. The van der Waals surface area contributed by atoms with Gasteiger partial charge in [-0.15, -0.1) is 0 Å². The Balaban J connectivity index is 1.59. The van der Waals surface area contributed by atoms with E-state index < -0.39 is 0 Å². The number of anilines is 1. The monoisotopic (exact) mass is 298 g/mol. The van der Waals surface area contributed by atoms with Gasteiger partial charge in [-0.25, -0.2) is 4.98 Å². The summed E-state index contributed by atoms with van der Waals surface area (Å²) in [5.74, 6) is 0.984. The predicted molar refractivity (Wildman–Crippen MR) is 84.8 cm³/mol. The Morgan fingerprint density at radius 2 is 2.09 bits per heavy atom. The largest absolute Gasteiger partial charge is 0.355 e. The van der Waals surface area contributed by atoms with Crippen molar-refractivity contribution in [3.63, 3.8) is 0 Å². The van der Waals surface area contributed by atoms with Crippen LogP contribution in [0.25, 0.3) is 0 Å². The second kappa shape index (κ2) is 6.53. The van der Waals surface area contributed by atoms with Crippen molar-refractivity contribution < 1.29 is 4.92 Å². The smallest absolute Gasteiger partial charge is 0.273 e. The third kappa shape index (κ3) is 3.23. The fourth-order valence-corrected chi connectivity index (χ4v) is 2.77. The molecular weight excluding hydrogens is 280 g/mol. The number of nitro groups is 1. The maximum Gasteiger partial charge on any atom is 0.273 e. The number of hydrogen-bond acceptors (Lipinski definition) is 5. The lowest BCUT2D eigenvalue weighted by Gasteiger charge is -2.17. The minimum absolute atomic E-state index is 0.176. The first kappa shape index (κ1) is 14.5. The standard InChI is InChI=1S/C16H18N4O2/c21-20(22)15-6-2-1-5-13(15)11-18-14-8-10-19(12-14)16-7-3-4-9-17-16/h1-7,9,14,18H,8,10-12H2/t14-/m1/s1. The SMILES string of the molecule is O=[N+]([O-])c1ccccc1CN[C@@H]1CCN(c2ccccn2)C1. The highest BCUT2D eigenvalue weighted by Gasteiger charge is 2.23. The van der Waals surface area contributed by atoms with E-state index in [4.69, 9.17) is 0 Å². The van der Waals surface area contributed by atoms with Gasteiger partial charge >= 0.3 is 0 Å². The van der Waals surface area contributed by atoms with Crippen molar-refractivity contribution >= 4 is 11.5 Å². The molecule has 22 heavy (non-hydrogen) atoms. The fraction of sp³-hybridized carbons (Fsp3) is 0.312. The molecule has 0 aliphatic carbocycles. The zero-order valence-electron chi connectivity index (χ0n) is 12.2. The summed E-state index contributed by atoms with van der Waals surface area (Å²) < 4.78 is 0. The maximum absolute atomic E-state index is 11.0. The van der Waals surface area contributed by atoms with Crippen molar-refractivity contribution in [3.05, 3.63) is 64.3 Å². The molecule has 0 saturated carbocycles. The summed E-state index contributed by atoms with van der Waals surface area (Å²) in [6, 6.07) is 13.1. The van der Waals surface area contributed by atoms with Gasteiger partial charge in [-0.2, -0.15) is 0 Å². The number of aromatic nitrogens is 1. The molecule has 1 aromatic carbocycles. The second-order valence-electron chi connectivity index (χ2n) is 5.39. The third-order valence-corrected chi connectivity index (χ3v) is 3.93. The van der Waals surface area contributed by atoms with Crippen LogP contribution < -0.4 is 10.2 Å². The van der Waals surface area contributed by atoms with E-state index in [-0.39, 0.29) is 10.6 Å². The highest BCUT2D eigenvalue weighted by Crippen LogP contribution is 2.20. The molecule has 3 rings (SSSR count). The summed E-state index contributed by atoms with van der Waals surface area (Å²) in [5.41, 5.74) is 0.901. The Labute approximate surface area is 128 Å². The minimum Gasteiger partial charge on any atom is -0.355 e. The summed E-state index contributed by atoms with van der Waals surface area (Å²) in [7, 11) is 0. The van der Waals surface area contributed by atoms with E-state index in [2.05, 4.69) is 15.2 Å². The van der Waals surface area contributed by atoms with E-state index in [1.54, 1.807) is 24.4 Å². The summed E-state index contributed by atoms with van der Waals surface area (Å²) in [4.78, 5) is 17.3. The Morgan fingerprint density at radius 1 is 1.27 bits per heavy atom. The second-order valence-corrected chi connectivity index (χ2v) is 5.39. The molecule has 114 valence electrons. The van der Waals surface area contributed by atoms with Crippen LogP contribution in [0.2, 0.25) is 0 Å². The molecule has 1 fully saturated rings. The van der Waals surface area contributed by atoms with Crippen molar-refractivity contribution in [3.8, 4) is 0 Å². The van der Waals surface area contributed by atoms with Crippen LogP contribution >= 0.6 is 0 Å². The molecule has 0 spiro atoms. The maximum atomic E-state index is 11.0. The Bertz CT molecular complexity index is 648. The van der Waals surface area contributed by atoms with Gasteiger partial charge in [0, 0.05) is 43.5 Å². The molecule has 1 aliphatic heterocycles. The van der Waals surface area contributed by atoms with Gasteiger partial charge in [-0.3, -0.25) is 10.1 Å². The van der Waals surface area contributed by atoms with Gasteiger partial charge < -0.3 is 10.2 Å². The lowest BCUT2D eigenvalue weighted by molar-refractivity contribution is -0.385. The van der Waals surface area contributed by atoms with Crippen molar-refractivity contribution in [1.82, 2.24) is 10.3 Å². The van der Waals surface area contributed by atoms with Gasteiger partial charge in [-0.1, -0.05) is 24.3 Å². The van der Waals surface area contributed by atoms with Crippen molar-refractivity contribution in [1.29, 1.82) is 0 Å². The average molecular weight is 298 g/mol. The van der Waals surface area contributed by atoms with Crippen molar-refractivity contribution in [2.75, 3.05) is 18.0 Å². The van der Waals surface area contributed by atoms with Gasteiger partial charge in [0.25, 0.3) is 5.69 Å². The van der Waals surface area contributed by atoms with E-state index >= 15 is 0 Å². The molecule has 2 heterocycles. The van der Waals surface area contributed by atoms with E-state index in [9.17, 15) is 10.1 Å². The van der Waals surface area contributed by atoms with Crippen LogP contribution in [0, 0.1) is 10.1 Å². The number of para-hydroxylation sites is 1. The fourth-order valence-electron chi connectivity index (χ4n) is 2.77. The molecule has 0 amide bonds. The molecular formula is C16H18N4O2. The zero-order chi connectivity index (χ0) is 15.4. The van der Waals surface area contributed by atoms with Crippen LogP contribution in [0.3, 0.4) is 0 Å². The average Bonchev–Trinajstić information content (AvgIpc) is 3.03. The summed E-state index contributed by atoms with van der Waals surface area (Å²) in [5, 5.41) is 14.4. The number of nitrogens with one attached hydrogen (secondary N) is 1. The normalized spacial score (nSPS) is 17.6. The number of hydrogen-bond donors (Lipinski definition) is 1. The van der Waals surface area contributed by atoms with Gasteiger partial charge in [-0.05, 0) is 18.6 Å². The van der Waals surface area contributed by atoms with Crippen LogP contribution in [-0.4, -0.2) is 29.0 Å². The molecule has 6 heteroatoms. The zero-order valence-corrected chi connectivity index (χ0v) is 12.2. The number of benzene rings is 1. The number of pyridine rings is 1. The van der Waals surface area contributed by atoms with Crippen LogP contribution in [0.1, 0.15) is 12.0 Å². The highest BCUT2D eigenvalue weighted by molar-refractivity contribution is 5.41. The molecule has 1 N–H and O–H groups in total. The van der Waals surface area contributed by atoms with Gasteiger partial charge in [0.05, 0.1) is 4.92 Å². The van der Waals surface area contributed by atoms with Crippen LogP contribution in [0.4, 0.5) is 11.5 Å². The first-order valence-corrected chi connectivity index (χ1v) is 7.35. The Kier molecular flexibility index (Phi) is 4.29. The minimum atomic E-state index is -0.328. The van der Waals surface area contributed by atoms with Gasteiger partial charge in [0.15, 0.2) is 0 Å². The molecule has 0 bridgehead atoms. The summed E-state index contributed by atoms with van der Waals surface area (Å²) in [6.45, 7) is 2.33. The summed E-state index contributed by atoms with van der Waals surface area (Å²) >= 11 is 0. The predicted octanol–water partition coefficient (Wildman–Crippen LogP) is 2.36. The first-order chi connectivity index (χ1) is 10.7. The Morgan fingerprint density at radius 3 is 2.86 bits per heavy atom. The van der Waals surface area contributed by atoms with E-state index in [0.717, 1.165) is 30.9 Å². The first-order valence-electron chi connectivity index (χ1n) is 7.35. The molecule has 1 atom stereocenters. The van der Waals surface area contributed by atoms with E-state index in [1.165, 1.54) is 0 Å². The molecule has 1 saturated heterocycles. The lowest BCUT2D eigenvalue weighted by Crippen LogP contribution is -2.32. The van der Waals surface area contributed by atoms with Crippen molar-refractivity contribution in [2.45, 2.75) is 19.0 Å². The number of nitrogens with zero attached hydrogens (tertiary/aromatic N) is 3. The molecule has 1 aromatic heterocycles. The molecule has 6 nitrogen and oxygen atoms in total. The van der Waals surface area contributed by atoms with Crippen molar-refractivity contribution in [2.24, 2.45) is 0 Å². The highest BCUT2D eigenvalue weighted by atomic mass is 16.6. The molecule has 1 aliphatic rings.